The van der Waals surface area contributed by atoms with Crippen LogP contribution in [0.15, 0.2) is 47.3 Å². The van der Waals surface area contributed by atoms with Gasteiger partial charge in [0.1, 0.15) is 5.82 Å². The molecular weight excluding hydrogens is 295 g/mol. The van der Waals surface area contributed by atoms with Crippen molar-refractivity contribution in [2.75, 3.05) is 0 Å². The smallest absolute Gasteiger partial charge is 0.258 e. The molecule has 0 aliphatic heterocycles. The molecule has 0 bridgehead atoms. The lowest BCUT2D eigenvalue weighted by Crippen LogP contribution is -2.12. The van der Waals surface area contributed by atoms with Crippen molar-refractivity contribution in [2.45, 2.75) is 6.42 Å². The molecule has 0 spiro atoms. The first-order valence-electron chi connectivity index (χ1n) is 6.05. The van der Waals surface area contributed by atoms with Crippen LogP contribution in [0, 0.1) is 0 Å². The summed E-state index contributed by atoms with van der Waals surface area (Å²) in [5.41, 5.74) is 1.40. The molecule has 0 saturated heterocycles. The molecule has 0 atom stereocenters. The minimum absolute atomic E-state index is 0.143. The first-order valence-corrected chi connectivity index (χ1v) is 6.81. The molecule has 0 aliphatic carbocycles. The van der Waals surface area contributed by atoms with Crippen LogP contribution in [-0.4, -0.2) is 9.97 Å². The quantitative estimate of drug-likeness (QED) is 0.782. The molecule has 0 unspecified atom stereocenters. The van der Waals surface area contributed by atoms with Crippen LogP contribution in [0.1, 0.15) is 11.4 Å². The maximum Gasteiger partial charge on any atom is 0.258 e. The summed E-state index contributed by atoms with van der Waals surface area (Å²) < 4.78 is 0. The van der Waals surface area contributed by atoms with Crippen LogP contribution >= 0.6 is 23.2 Å². The highest BCUT2D eigenvalue weighted by Gasteiger charge is 2.07. The highest BCUT2D eigenvalue weighted by Crippen LogP contribution is 2.22. The van der Waals surface area contributed by atoms with Gasteiger partial charge in [-0.2, -0.15) is 0 Å². The minimum atomic E-state index is -0.143. The number of rotatable bonds is 2. The second-order valence-corrected chi connectivity index (χ2v) is 5.29. The minimum Gasteiger partial charge on any atom is -0.310 e. The molecule has 3 nitrogen and oxygen atoms in total. The zero-order chi connectivity index (χ0) is 14.1. The summed E-state index contributed by atoms with van der Waals surface area (Å²) in [5, 5.41) is 1.73. The van der Waals surface area contributed by atoms with Gasteiger partial charge in [0.2, 0.25) is 0 Å². The van der Waals surface area contributed by atoms with E-state index in [2.05, 4.69) is 9.97 Å². The molecule has 5 heteroatoms. The van der Waals surface area contributed by atoms with Gasteiger partial charge in [0, 0.05) is 16.5 Å². The highest BCUT2D eigenvalue weighted by molar-refractivity contribution is 6.35. The molecule has 20 heavy (non-hydrogen) atoms. The van der Waals surface area contributed by atoms with Gasteiger partial charge < -0.3 is 4.98 Å². The predicted molar refractivity (Wildman–Crippen MR) is 81.6 cm³/mol. The zero-order valence-electron chi connectivity index (χ0n) is 10.4. The first-order chi connectivity index (χ1) is 9.63. The number of nitrogens with one attached hydrogen (secondary N) is 1. The van der Waals surface area contributed by atoms with E-state index in [0.717, 1.165) is 5.56 Å². The van der Waals surface area contributed by atoms with E-state index in [0.29, 0.717) is 33.2 Å². The molecule has 0 aliphatic rings. The summed E-state index contributed by atoms with van der Waals surface area (Å²) in [6, 6.07) is 12.5. The van der Waals surface area contributed by atoms with Gasteiger partial charge in [-0.15, -0.1) is 0 Å². The van der Waals surface area contributed by atoms with Gasteiger partial charge in [-0.1, -0.05) is 41.4 Å². The number of para-hydroxylation sites is 1. The molecule has 0 saturated carbocycles. The summed E-state index contributed by atoms with van der Waals surface area (Å²) in [7, 11) is 0. The maximum absolute atomic E-state index is 12.0. The third-order valence-corrected chi connectivity index (χ3v) is 3.62. The van der Waals surface area contributed by atoms with E-state index in [9.17, 15) is 4.79 Å². The fraction of sp³-hybridized carbons (Fsp3) is 0.0667. The molecule has 3 rings (SSSR count). The van der Waals surface area contributed by atoms with Crippen molar-refractivity contribution in [1.82, 2.24) is 9.97 Å². The summed E-state index contributed by atoms with van der Waals surface area (Å²) in [4.78, 5) is 19.2. The van der Waals surface area contributed by atoms with Crippen molar-refractivity contribution in [3.8, 4) is 0 Å². The second kappa shape index (κ2) is 5.27. The normalized spacial score (nSPS) is 10.9. The van der Waals surface area contributed by atoms with Gasteiger partial charge in [0.15, 0.2) is 0 Å². The van der Waals surface area contributed by atoms with Gasteiger partial charge in [-0.3, -0.25) is 4.79 Å². The molecule has 2 aromatic carbocycles. The van der Waals surface area contributed by atoms with Crippen LogP contribution < -0.4 is 5.56 Å². The van der Waals surface area contributed by atoms with Crippen molar-refractivity contribution in [2.24, 2.45) is 0 Å². The summed E-state index contributed by atoms with van der Waals surface area (Å²) >= 11 is 12.0. The van der Waals surface area contributed by atoms with Gasteiger partial charge in [0.25, 0.3) is 5.56 Å². The number of hydrogen-bond donors (Lipinski definition) is 1. The summed E-state index contributed by atoms with van der Waals surface area (Å²) in [5.74, 6) is 0.581. The van der Waals surface area contributed by atoms with Gasteiger partial charge in [-0.25, -0.2) is 4.98 Å². The fourth-order valence-corrected chi connectivity index (χ4v) is 2.54. The average Bonchev–Trinajstić information content (AvgIpc) is 2.42. The number of hydrogen-bond acceptors (Lipinski definition) is 2. The van der Waals surface area contributed by atoms with E-state index in [-0.39, 0.29) is 5.56 Å². The number of benzene rings is 2. The number of fused-ring (bicyclic) bond motifs is 1. The Morgan fingerprint density at radius 3 is 2.70 bits per heavy atom. The van der Waals surface area contributed by atoms with Crippen LogP contribution in [0.2, 0.25) is 10.0 Å². The number of halogens is 2. The van der Waals surface area contributed by atoms with Crippen molar-refractivity contribution in [3.05, 3.63) is 74.3 Å². The Hall–Kier alpha value is -1.84. The van der Waals surface area contributed by atoms with Crippen LogP contribution in [0.25, 0.3) is 10.9 Å². The Morgan fingerprint density at radius 1 is 1.10 bits per heavy atom. The second-order valence-electron chi connectivity index (χ2n) is 4.44. The number of aromatic amines is 1. The molecule has 0 fully saturated rings. The molecule has 1 aromatic heterocycles. The monoisotopic (exact) mass is 304 g/mol. The predicted octanol–water partition coefficient (Wildman–Crippen LogP) is 3.82. The third-order valence-electron chi connectivity index (χ3n) is 3.03. The lowest BCUT2D eigenvalue weighted by Gasteiger charge is -2.05. The number of aromatic nitrogens is 2. The largest absolute Gasteiger partial charge is 0.310 e. The van der Waals surface area contributed by atoms with Gasteiger partial charge >= 0.3 is 0 Å². The van der Waals surface area contributed by atoms with Crippen LogP contribution in [-0.2, 0) is 6.42 Å². The Bertz CT molecular complexity index is 843. The highest BCUT2D eigenvalue weighted by atomic mass is 35.5. The Labute approximate surface area is 125 Å². The van der Waals surface area contributed by atoms with Crippen molar-refractivity contribution in [3.63, 3.8) is 0 Å². The fourth-order valence-electron chi connectivity index (χ4n) is 2.06. The van der Waals surface area contributed by atoms with E-state index in [4.69, 9.17) is 23.2 Å². The van der Waals surface area contributed by atoms with E-state index >= 15 is 0 Å². The topological polar surface area (TPSA) is 45.8 Å². The van der Waals surface area contributed by atoms with E-state index in [1.165, 1.54) is 0 Å². The van der Waals surface area contributed by atoms with Crippen LogP contribution in [0.4, 0.5) is 0 Å². The van der Waals surface area contributed by atoms with Gasteiger partial charge in [0.05, 0.1) is 10.9 Å². The maximum atomic E-state index is 12.0. The van der Waals surface area contributed by atoms with Crippen LogP contribution in [0.3, 0.4) is 0 Å². The van der Waals surface area contributed by atoms with Crippen molar-refractivity contribution < 1.29 is 0 Å². The zero-order valence-corrected chi connectivity index (χ0v) is 11.9. The molecule has 0 amide bonds. The Balaban J connectivity index is 2.05. The average molecular weight is 305 g/mol. The van der Waals surface area contributed by atoms with E-state index in [1.54, 1.807) is 18.2 Å². The van der Waals surface area contributed by atoms with E-state index in [1.807, 2.05) is 24.3 Å². The molecule has 1 N–H and O–H groups in total. The lowest BCUT2D eigenvalue weighted by molar-refractivity contribution is 0.973. The Kier molecular flexibility index (Phi) is 3.47. The van der Waals surface area contributed by atoms with Gasteiger partial charge in [-0.05, 0) is 29.8 Å². The number of nitrogens with zero attached hydrogens (tertiary/aromatic N) is 1. The van der Waals surface area contributed by atoms with E-state index < -0.39 is 0 Å². The molecule has 100 valence electrons. The Morgan fingerprint density at radius 2 is 1.90 bits per heavy atom. The molecule has 3 aromatic rings. The van der Waals surface area contributed by atoms with Crippen LogP contribution in [0.5, 0.6) is 0 Å². The summed E-state index contributed by atoms with van der Waals surface area (Å²) in [6.45, 7) is 0. The molecule has 1 heterocycles. The van der Waals surface area contributed by atoms with Crippen molar-refractivity contribution >= 4 is 34.1 Å². The third kappa shape index (κ3) is 2.55. The summed E-state index contributed by atoms with van der Waals surface area (Å²) in [6.07, 6.45) is 0.454. The number of H-pyrrole nitrogens is 1. The van der Waals surface area contributed by atoms with Crippen molar-refractivity contribution in [1.29, 1.82) is 0 Å². The SMILES string of the molecule is O=c1[nH]c(Cc2ccc(Cl)cc2Cl)nc2ccccc12. The molecular formula is C15H10Cl2N2O. The standard InChI is InChI=1S/C15H10Cl2N2O/c16-10-6-5-9(12(17)8-10)7-14-18-13-4-2-1-3-11(13)15(20)19-14/h1-6,8H,7H2,(H,18,19,20). The lowest BCUT2D eigenvalue weighted by atomic mass is 10.1. The molecule has 0 radical (unpaired) electrons. The first kappa shape index (κ1) is 13.2.